The van der Waals surface area contributed by atoms with Crippen molar-refractivity contribution in [3.8, 4) is 0 Å². The highest BCUT2D eigenvalue weighted by molar-refractivity contribution is 7.80. The van der Waals surface area contributed by atoms with E-state index in [9.17, 15) is 13.2 Å². The van der Waals surface area contributed by atoms with Gasteiger partial charge in [-0.05, 0) is 0 Å². The van der Waals surface area contributed by atoms with Gasteiger partial charge >= 0.3 is 6.18 Å². The zero-order valence-corrected chi connectivity index (χ0v) is 11.7. The number of aromatic nitrogens is 2. The average Bonchev–Trinajstić information content (AvgIpc) is 2.78. The van der Waals surface area contributed by atoms with Crippen LogP contribution in [-0.4, -0.2) is 42.0 Å². The topological polar surface area (TPSA) is 64.3 Å². The molecule has 0 fully saturated rings. The lowest BCUT2D eigenvalue weighted by Crippen LogP contribution is -2.30. The van der Waals surface area contributed by atoms with Gasteiger partial charge < -0.3 is 15.4 Å². The summed E-state index contributed by atoms with van der Waals surface area (Å²) in [6, 6.07) is 0. The Labute approximate surface area is 117 Å². The van der Waals surface area contributed by atoms with Gasteiger partial charge in [-0.1, -0.05) is 23.6 Å². The van der Waals surface area contributed by atoms with E-state index in [-0.39, 0.29) is 5.13 Å². The first-order valence-electron chi connectivity index (χ1n) is 5.27. The smallest absolute Gasteiger partial charge is 0.393 e. The minimum absolute atomic E-state index is 0.181. The normalized spacial score (nSPS) is 11.6. The Morgan fingerprint density at radius 1 is 1.42 bits per heavy atom. The van der Waals surface area contributed by atoms with Crippen molar-refractivity contribution in [1.29, 1.82) is 0 Å². The van der Waals surface area contributed by atoms with Crippen LogP contribution in [0.4, 0.5) is 18.3 Å². The second-order valence-corrected chi connectivity index (χ2v) is 5.06. The van der Waals surface area contributed by atoms with Crippen LogP contribution in [0.25, 0.3) is 0 Å². The summed E-state index contributed by atoms with van der Waals surface area (Å²) in [5.41, 5.74) is 5.38. The molecule has 0 saturated carbocycles. The molecule has 1 aromatic heterocycles. The van der Waals surface area contributed by atoms with E-state index in [0.29, 0.717) is 42.4 Å². The van der Waals surface area contributed by atoms with E-state index in [4.69, 9.17) is 22.7 Å². The molecule has 0 aliphatic rings. The summed E-state index contributed by atoms with van der Waals surface area (Å²) in [6.45, 7) is 1.13. The van der Waals surface area contributed by atoms with Crippen LogP contribution < -0.4 is 10.6 Å². The lowest BCUT2D eigenvalue weighted by atomic mass is 10.4. The first kappa shape index (κ1) is 16.1. The van der Waals surface area contributed by atoms with Gasteiger partial charge in [-0.2, -0.15) is 13.2 Å². The molecular weight excluding hydrogens is 301 g/mol. The van der Waals surface area contributed by atoms with Crippen molar-refractivity contribution in [1.82, 2.24) is 10.2 Å². The van der Waals surface area contributed by atoms with Crippen LogP contribution >= 0.6 is 23.6 Å². The summed E-state index contributed by atoms with van der Waals surface area (Å²) in [7, 11) is 1.51. The monoisotopic (exact) mass is 314 g/mol. The predicted molar refractivity (Wildman–Crippen MR) is 70.4 cm³/mol. The molecule has 1 rings (SSSR count). The Kier molecular flexibility index (Phi) is 5.88. The van der Waals surface area contributed by atoms with Crippen LogP contribution in [-0.2, 0) is 10.9 Å². The van der Waals surface area contributed by atoms with Crippen molar-refractivity contribution in [3.05, 3.63) is 5.01 Å². The minimum Gasteiger partial charge on any atom is -0.393 e. The first-order valence-corrected chi connectivity index (χ1v) is 6.50. The van der Waals surface area contributed by atoms with Gasteiger partial charge in [0, 0.05) is 26.6 Å². The Bertz CT molecular complexity index is 424. The van der Waals surface area contributed by atoms with Gasteiger partial charge in [-0.25, -0.2) is 0 Å². The average molecular weight is 314 g/mol. The maximum absolute atomic E-state index is 12.5. The molecule has 0 aromatic carbocycles. The van der Waals surface area contributed by atoms with E-state index >= 15 is 0 Å². The summed E-state index contributed by atoms with van der Waals surface area (Å²) >= 11 is 5.24. The Hall–Kier alpha value is -1.00. The molecule has 0 bridgehead atoms. The molecule has 0 amide bonds. The number of hydrogen-bond donors (Lipinski definition) is 1. The summed E-state index contributed by atoms with van der Waals surface area (Å²) in [4.78, 5) is 1.92. The molecule has 0 radical (unpaired) electrons. The highest BCUT2D eigenvalue weighted by atomic mass is 32.1. The number of nitrogens with zero attached hydrogens (tertiary/aromatic N) is 3. The molecule has 0 atom stereocenters. The third-order valence-corrected chi connectivity index (χ3v) is 3.35. The molecule has 2 N–H and O–H groups in total. The number of hydrogen-bond acceptors (Lipinski definition) is 6. The number of anilines is 1. The van der Waals surface area contributed by atoms with E-state index in [1.54, 1.807) is 4.90 Å². The molecular formula is C9H13F3N4OS2. The fourth-order valence-electron chi connectivity index (χ4n) is 1.21. The maximum atomic E-state index is 12.5. The first-order chi connectivity index (χ1) is 8.84. The molecule has 19 heavy (non-hydrogen) atoms. The summed E-state index contributed by atoms with van der Waals surface area (Å²) in [5, 5.41) is 5.90. The number of halogens is 3. The molecule has 0 aliphatic carbocycles. The van der Waals surface area contributed by atoms with Crippen LogP contribution in [0.2, 0.25) is 0 Å². The van der Waals surface area contributed by atoms with Crippen molar-refractivity contribution < 1.29 is 17.9 Å². The number of nitrogens with two attached hydrogens (primary N) is 1. The summed E-state index contributed by atoms with van der Waals surface area (Å²) in [6.07, 6.45) is -4.09. The van der Waals surface area contributed by atoms with Crippen molar-refractivity contribution >= 4 is 33.7 Å². The Balaban J connectivity index is 2.78. The van der Waals surface area contributed by atoms with Crippen molar-refractivity contribution in [3.63, 3.8) is 0 Å². The molecule has 10 heteroatoms. The number of alkyl halides is 3. The highest BCUT2D eigenvalue weighted by Gasteiger charge is 2.36. The van der Waals surface area contributed by atoms with E-state index in [0.717, 1.165) is 0 Å². The summed E-state index contributed by atoms with van der Waals surface area (Å²) < 4.78 is 42.3. The second kappa shape index (κ2) is 6.96. The largest absolute Gasteiger partial charge is 0.445 e. The summed E-state index contributed by atoms with van der Waals surface area (Å²) in [5.74, 6) is 0. The van der Waals surface area contributed by atoms with Crippen molar-refractivity contribution in [2.24, 2.45) is 5.73 Å². The van der Waals surface area contributed by atoms with E-state index < -0.39 is 11.2 Å². The molecule has 0 aliphatic heterocycles. The van der Waals surface area contributed by atoms with Crippen LogP contribution in [0, 0.1) is 0 Å². The van der Waals surface area contributed by atoms with Gasteiger partial charge in [0.15, 0.2) is 0 Å². The van der Waals surface area contributed by atoms with Gasteiger partial charge in [0.2, 0.25) is 10.1 Å². The van der Waals surface area contributed by atoms with E-state index in [1.807, 2.05) is 0 Å². The lowest BCUT2D eigenvalue weighted by Gasteiger charge is -2.20. The van der Waals surface area contributed by atoms with E-state index in [1.165, 1.54) is 7.11 Å². The fraction of sp³-hybridized carbons (Fsp3) is 0.667. The van der Waals surface area contributed by atoms with Gasteiger partial charge in [0.05, 0.1) is 11.6 Å². The molecule has 1 heterocycles. The number of thiocarbonyl (C=S) groups is 1. The zero-order valence-electron chi connectivity index (χ0n) is 10.1. The van der Waals surface area contributed by atoms with Gasteiger partial charge in [0.25, 0.3) is 0 Å². The third-order valence-electron chi connectivity index (χ3n) is 2.12. The van der Waals surface area contributed by atoms with Gasteiger partial charge in [-0.15, -0.1) is 10.2 Å². The van der Waals surface area contributed by atoms with E-state index in [2.05, 4.69) is 10.2 Å². The fourth-order valence-corrected chi connectivity index (χ4v) is 2.06. The lowest BCUT2D eigenvalue weighted by molar-refractivity contribution is -0.138. The molecule has 0 saturated heterocycles. The number of rotatable bonds is 7. The van der Waals surface area contributed by atoms with Gasteiger partial charge in [0.1, 0.15) is 0 Å². The van der Waals surface area contributed by atoms with Gasteiger partial charge in [-0.3, -0.25) is 0 Å². The van der Waals surface area contributed by atoms with Crippen molar-refractivity contribution in [2.45, 2.75) is 12.6 Å². The van der Waals surface area contributed by atoms with Crippen molar-refractivity contribution in [2.75, 3.05) is 31.7 Å². The minimum atomic E-state index is -4.48. The third kappa shape index (κ3) is 5.25. The number of ether oxygens (including phenoxy) is 1. The van der Waals surface area contributed by atoms with Crippen LogP contribution in [0.15, 0.2) is 0 Å². The SMILES string of the molecule is COCCN(CCC(N)=S)c1nnc(C(F)(F)F)s1. The number of methoxy groups -OCH3 is 1. The Morgan fingerprint density at radius 3 is 2.58 bits per heavy atom. The molecule has 108 valence electrons. The Morgan fingerprint density at radius 2 is 2.11 bits per heavy atom. The van der Waals surface area contributed by atoms with Crippen LogP contribution in [0.1, 0.15) is 11.4 Å². The quantitative estimate of drug-likeness (QED) is 0.773. The highest BCUT2D eigenvalue weighted by Crippen LogP contribution is 2.34. The zero-order chi connectivity index (χ0) is 14.5. The molecule has 0 spiro atoms. The predicted octanol–water partition coefficient (Wildman–Crippen LogP) is 1.69. The second-order valence-electron chi connectivity index (χ2n) is 3.58. The molecule has 1 aromatic rings. The van der Waals surface area contributed by atoms with Crippen LogP contribution in [0.5, 0.6) is 0 Å². The molecule has 5 nitrogen and oxygen atoms in total. The van der Waals surface area contributed by atoms with Crippen LogP contribution in [0.3, 0.4) is 0 Å². The molecule has 0 unspecified atom stereocenters. The standard InChI is InChI=1S/C9H13F3N4OS2/c1-17-5-4-16(3-2-6(13)18)8-15-14-7(19-8)9(10,11)12/h2-5H2,1H3,(H2,13,18). The maximum Gasteiger partial charge on any atom is 0.445 e.